The minimum Gasteiger partial charge on any atom is -0.327 e. The third-order valence-electron chi connectivity index (χ3n) is 3.89. The second-order valence-corrected chi connectivity index (χ2v) is 6.07. The maximum Gasteiger partial charge on any atom is 0.124 e. The molecule has 2 N–H and O–H groups in total. The third kappa shape index (κ3) is 4.22. The van der Waals surface area contributed by atoms with Crippen molar-refractivity contribution < 1.29 is 4.39 Å². The number of benzene rings is 1. The highest BCUT2D eigenvalue weighted by Crippen LogP contribution is 2.19. The van der Waals surface area contributed by atoms with Gasteiger partial charge in [0.05, 0.1) is 5.52 Å². The van der Waals surface area contributed by atoms with Crippen molar-refractivity contribution in [3.8, 4) is 0 Å². The van der Waals surface area contributed by atoms with Crippen LogP contribution in [0.4, 0.5) is 4.39 Å². The lowest BCUT2D eigenvalue weighted by molar-refractivity contribution is 0.297. The average Bonchev–Trinajstić information content (AvgIpc) is 2.44. The third-order valence-corrected chi connectivity index (χ3v) is 3.89. The molecule has 1 heterocycles. The van der Waals surface area contributed by atoms with Crippen molar-refractivity contribution >= 4 is 10.9 Å². The summed E-state index contributed by atoms with van der Waals surface area (Å²) in [6, 6.07) is 7.03. The molecule has 1 aromatic heterocycles. The summed E-state index contributed by atoms with van der Waals surface area (Å²) in [6.07, 6.45) is 2.69. The van der Waals surface area contributed by atoms with E-state index < -0.39 is 0 Å². The van der Waals surface area contributed by atoms with Crippen molar-refractivity contribution in [2.24, 2.45) is 11.7 Å². The molecule has 21 heavy (non-hydrogen) atoms. The van der Waals surface area contributed by atoms with Crippen molar-refractivity contribution in [2.75, 3.05) is 13.6 Å². The molecule has 2 rings (SSSR count). The number of hydrogen-bond acceptors (Lipinski definition) is 3. The molecule has 1 unspecified atom stereocenters. The van der Waals surface area contributed by atoms with Gasteiger partial charge >= 0.3 is 0 Å². The number of pyridine rings is 1. The summed E-state index contributed by atoms with van der Waals surface area (Å²) in [5.74, 6) is 0.271. The van der Waals surface area contributed by atoms with Gasteiger partial charge in [-0.15, -0.1) is 0 Å². The van der Waals surface area contributed by atoms with Gasteiger partial charge in [0.1, 0.15) is 5.82 Å². The quantitative estimate of drug-likeness (QED) is 0.888. The summed E-state index contributed by atoms with van der Waals surface area (Å²) in [5.41, 5.74) is 7.87. The molecule has 0 radical (unpaired) electrons. The Kier molecular flexibility index (Phi) is 5.26. The topological polar surface area (TPSA) is 42.1 Å². The summed E-state index contributed by atoms with van der Waals surface area (Å²) in [7, 11) is 2.03. The molecule has 0 spiro atoms. The molecule has 0 saturated carbocycles. The van der Waals surface area contributed by atoms with Crippen molar-refractivity contribution in [3.05, 3.63) is 41.8 Å². The Labute approximate surface area is 126 Å². The Morgan fingerprint density at radius 3 is 2.81 bits per heavy atom. The van der Waals surface area contributed by atoms with Crippen LogP contribution in [0.5, 0.6) is 0 Å². The highest BCUT2D eigenvalue weighted by Gasteiger charge is 2.11. The number of nitrogens with zero attached hydrogens (tertiary/aromatic N) is 2. The largest absolute Gasteiger partial charge is 0.327 e. The standard InChI is InChI=1S/C17H24FN3/c1-12(2)16(19)6-8-21(3)11-14-10-15(18)9-13-5-4-7-20-17(13)14/h4-5,7,9-10,12,16H,6,8,11,19H2,1-3H3. The second kappa shape index (κ2) is 6.96. The van der Waals surface area contributed by atoms with Crippen molar-refractivity contribution in [1.82, 2.24) is 9.88 Å². The smallest absolute Gasteiger partial charge is 0.124 e. The van der Waals surface area contributed by atoms with Gasteiger partial charge < -0.3 is 10.6 Å². The van der Waals surface area contributed by atoms with E-state index in [-0.39, 0.29) is 11.9 Å². The lowest BCUT2D eigenvalue weighted by Crippen LogP contribution is -2.31. The van der Waals surface area contributed by atoms with Crippen molar-refractivity contribution in [3.63, 3.8) is 0 Å². The van der Waals surface area contributed by atoms with Crippen LogP contribution in [0.3, 0.4) is 0 Å². The minimum absolute atomic E-state index is 0.204. The van der Waals surface area contributed by atoms with Crippen molar-refractivity contribution in [1.29, 1.82) is 0 Å². The van der Waals surface area contributed by atoms with Gasteiger partial charge in [0.25, 0.3) is 0 Å². The zero-order valence-corrected chi connectivity index (χ0v) is 13.0. The molecule has 0 aliphatic rings. The van der Waals surface area contributed by atoms with Crippen LogP contribution >= 0.6 is 0 Å². The summed E-state index contributed by atoms with van der Waals surface area (Å²) < 4.78 is 13.7. The fraction of sp³-hybridized carbons (Fsp3) is 0.471. The molecular weight excluding hydrogens is 265 g/mol. The molecule has 0 fully saturated rings. The Morgan fingerprint density at radius 2 is 2.10 bits per heavy atom. The van der Waals surface area contributed by atoms with E-state index in [9.17, 15) is 4.39 Å². The molecule has 0 saturated heterocycles. The van der Waals surface area contributed by atoms with Gasteiger partial charge in [0, 0.05) is 24.2 Å². The van der Waals surface area contributed by atoms with E-state index in [4.69, 9.17) is 5.73 Å². The normalized spacial score (nSPS) is 13.3. The van der Waals surface area contributed by atoms with E-state index in [2.05, 4.69) is 23.7 Å². The molecule has 1 atom stereocenters. The van der Waals surface area contributed by atoms with E-state index in [0.29, 0.717) is 12.5 Å². The van der Waals surface area contributed by atoms with Gasteiger partial charge in [-0.25, -0.2) is 4.39 Å². The zero-order valence-electron chi connectivity index (χ0n) is 13.0. The predicted octanol–water partition coefficient (Wildman–Crippen LogP) is 3.18. The molecule has 3 nitrogen and oxygen atoms in total. The number of fused-ring (bicyclic) bond motifs is 1. The molecule has 0 aliphatic carbocycles. The molecule has 1 aromatic carbocycles. The van der Waals surface area contributed by atoms with Gasteiger partial charge in [-0.05, 0) is 49.7 Å². The maximum atomic E-state index is 13.7. The van der Waals surface area contributed by atoms with Crippen LogP contribution in [-0.2, 0) is 6.54 Å². The Hall–Kier alpha value is -1.52. The Balaban J connectivity index is 2.09. The first-order valence-corrected chi connectivity index (χ1v) is 7.44. The summed E-state index contributed by atoms with van der Waals surface area (Å²) in [4.78, 5) is 6.55. The summed E-state index contributed by atoms with van der Waals surface area (Å²) in [6.45, 7) is 5.84. The van der Waals surface area contributed by atoms with E-state index in [1.807, 2.05) is 19.2 Å². The number of rotatable bonds is 6. The highest BCUT2D eigenvalue weighted by atomic mass is 19.1. The van der Waals surface area contributed by atoms with Crippen LogP contribution < -0.4 is 5.73 Å². The fourth-order valence-electron chi connectivity index (χ4n) is 2.42. The first kappa shape index (κ1) is 15.9. The van der Waals surface area contributed by atoms with Crippen LogP contribution in [0.2, 0.25) is 0 Å². The van der Waals surface area contributed by atoms with Crippen molar-refractivity contribution in [2.45, 2.75) is 32.9 Å². The zero-order chi connectivity index (χ0) is 15.4. The Bertz CT molecular complexity index is 598. The van der Waals surface area contributed by atoms with Gasteiger partial charge in [-0.1, -0.05) is 19.9 Å². The van der Waals surface area contributed by atoms with Gasteiger partial charge in [0.2, 0.25) is 0 Å². The minimum atomic E-state index is -0.210. The lowest BCUT2D eigenvalue weighted by atomic mass is 10.0. The van der Waals surface area contributed by atoms with Gasteiger partial charge in [0.15, 0.2) is 0 Å². The van der Waals surface area contributed by atoms with Crippen LogP contribution in [-0.4, -0.2) is 29.5 Å². The highest BCUT2D eigenvalue weighted by molar-refractivity contribution is 5.81. The molecular formula is C17H24FN3. The molecule has 0 amide bonds. The first-order chi connectivity index (χ1) is 9.97. The second-order valence-electron chi connectivity index (χ2n) is 6.07. The summed E-state index contributed by atoms with van der Waals surface area (Å²) >= 11 is 0. The van der Waals surface area contributed by atoms with Crippen LogP contribution in [0.1, 0.15) is 25.8 Å². The predicted molar refractivity (Wildman–Crippen MR) is 85.5 cm³/mol. The summed E-state index contributed by atoms with van der Waals surface area (Å²) in [5, 5.41) is 0.847. The van der Waals surface area contributed by atoms with Crippen LogP contribution in [0.25, 0.3) is 10.9 Å². The SMILES string of the molecule is CC(C)C(N)CCN(C)Cc1cc(F)cc2cccnc12. The maximum absolute atomic E-state index is 13.7. The Morgan fingerprint density at radius 1 is 1.33 bits per heavy atom. The fourth-order valence-corrected chi connectivity index (χ4v) is 2.42. The van der Waals surface area contributed by atoms with Crippen LogP contribution in [0, 0.1) is 11.7 Å². The number of nitrogens with two attached hydrogens (primary N) is 1. The van der Waals surface area contributed by atoms with Gasteiger partial charge in [-0.2, -0.15) is 0 Å². The number of halogens is 1. The van der Waals surface area contributed by atoms with E-state index in [1.54, 1.807) is 12.3 Å². The number of hydrogen-bond donors (Lipinski definition) is 1. The first-order valence-electron chi connectivity index (χ1n) is 7.44. The molecule has 4 heteroatoms. The van der Waals surface area contributed by atoms with E-state index in [1.165, 1.54) is 6.07 Å². The number of aromatic nitrogens is 1. The molecule has 2 aromatic rings. The van der Waals surface area contributed by atoms with Gasteiger partial charge in [-0.3, -0.25) is 4.98 Å². The monoisotopic (exact) mass is 289 g/mol. The van der Waals surface area contributed by atoms with Crippen LogP contribution in [0.15, 0.2) is 30.5 Å². The average molecular weight is 289 g/mol. The molecule has 0 bridgehead atoms. The molecule has 114 valence electrons. The van der Waals surface area contributed by atoms with E-state index >= 15 is 0 Å². The molecule has 0 aliphatic heterocycles. The lowest BCUT2D eigenvalue weighted by Gasteiger charge is -2.21. The van der Waals surface area contributed by atoms with E-state index in [0.717, 1.165) is 29.4 Å².